The molecular weight excluding hydrogens is 993 g/mol. The molecule has 0 aromatic heterocycles. The Bertz CT molecular complexity index is 3150. The van der Waals surface area contributed by atoms with Gasteiger partial charge in [-0.15, -0.1) is 0 Å². The lowest BCUT2D eigenvalue weighted by atomic mass is 9.29. The summed E-state index contributed by atoms with van der Waals surface area (Å²) in [7, 11) is 0. The van der Waals surface area contributed by atoms with Gasteiger partial charge < -0.3 is 26.0 Å². The van der Waals surface area contributed by atoms with Crippen LogP contribution in [0.5, 0.6) is 0 Å². The minimum atomic E-state index is -0.711. The number of carboxylic acids is 1. The zero-order chi connectivity index (χ0) is 55.6. The quantitative estimate of drug-likeness (QED) is 0.191. The summed E-state index contributed by atoms with van der Waals surface area (Å²) in [5, 5.41) is 48.6. The lowest BCUT2D eigenvalue weighted by molar-refractivity contribution is -0.168. The highest BCUT2D eigenvalue weighted by Gasteiger charge is 2.77. The van der Waals surface area contributed by atoms with Crippen LogP contribution in [0.15, 0.2) is 113 Å². The van der Waals surface area contributed by atoms with E-state index in [-0.39, 0.29) is 39.4 Å². The largest absolute Gasteiger partial charge is 0.481 e. The fourth-order valence-electron chi connectivity index (χ4n) is 23.1. The van der Waals surface area contributed by atoms with Crippen molar-refractivity contribution in [3.05, 3.63) is 135 Å². The van der Waals surface area contributed by atoms with E-state index in [2.05, 4.69) is 117 Å². The van der Waals surface area contributed by atoms with Crippen LogP contribution in [-0.4, -0.2) is 46.6 Å². The van der Waals surface area contributed by atoms with Gasteiger partial charge in [0.2, 0.25) is 0 Å². The molecule has 0 amide bonds. The average molecular weight is 1090 g/mol. The van der Waals surface area contributed by atoms with E-state index in [1.54, 1.807) is 16.7 Å². The van der Waals surface area contributed by atoms with E-state index in [4.69, 9.17) is 6.58 Å². The van der Waals surface area contributed by atoms with Crippen molar-refractivity contribution in [1.29, 1.82) is 0 Å². The first-order chi connectivity index (χ1) is 39.2. The molecular formula is C75H98N2O4. The van der Waals surface area contributed by atoms with Crippen molar-refractivity contribution in [1.82, 2.24) is 10.6 Å². The summed E-state index contributed by atoms with van der Waals surface area (Å²) in [5.74, 6) is 3.04. The van der Waals surface area contributed by atoms with Crippen LogP contribution >= 0.6 is 0 Å². The normalized spacial score (nSPS) is 41.2. The molecule has 6 aliphatic heterocycles. The molecule has 2 aromatic rings. The number of allylic oxidation sites excluding steroid dienone is 9. The fourth-order valence-corrected chi connectivity index (χ4v) is 23.1. The second kappa shape index (κ2) is 20.7. The number of rotatable bonds is 5. The molecule has 0 unspecified atom stereocenters. The highest BCUT2D eigenvalue weighted by Crippen LogP contribution is 2.83. The molecule has 6 nitrogen and oxygen atoms in total. The molecule has 5 saturated carbocycles. The zero-order valence-corrected chi connectivity index (χ0v) is 50.0. The zero-order valence-electron chi connectivity index (χ0n) is 50.0. The molecule has 15 atom stereocenters. The first-order valence-electron chi connectivity index (χ1n) is 33.4. The topological polar surface area (TPSA) is 102 Å². The Morgan fingerprint density at radius 3 is 2.42 bits per heavy atom. The molecule has 5 fully saturated rings. The number of benzene rings is 2. The first-order valence-corrected chi connectivity index (χ1v) is 33.4. The van der Waals surface area contributed by atoms with Crippen LogP contribution in [0.25, 0.3) is 17.2 Å². The van der Waals surface area contributed by atoms with Gasteiger partial charge in [0.05, 0.1) is 23.9 Å². The predicted molar refractivity (Wildman–Crippen MR) is 328 cm³/mol. The third-order valence-corrected chi connectivity index (χ3v) is 26.2. The van der Waals surface area contributed by atoms with Gasteiger partial charge in [-0.05, 0) is 207 Å². The highest BCUT2D eigenvalue weighted by molar-refractivity contribution is 5.78. The molecule has 432 valence electrons. The number of aliphatic carboxylic acids is 1. The number of dihydropyridines is 1. The third kappa shape index (κ3) is 8.42. The standard InChI is InChI=1S/C75H98N2O4/c1-46(2)37-55-30-33-71(4)66(79)32-35-74-62-31-34-72(5)68-59(69(80)81)28-24-47(3)57(50-17-7-6-8-18-50)23-14-36-76-67-29-26-54(45-77-67)51-21-13-15-48(38-51)39-60-58-22-12-11-20-53(58)41-63(74)61(60)42-73(55,70(71)74)43-64(62)75(72,44-65(68)78)56-27-25-49-16-9-10-19-52(49)40-56/h11-13,15,20-22,26,29-30,38,41-42,46,49-50,52,56-57,59,63,65-66,68,70,76-79H,3,6-10,14,16-19,23-25,27-28,31-37,39-40,43-45H2,1-2,4-5H3,(H,80,81)/t49-,52-,56-,57-,59-,63+,65-,66+,68+,70-,71-,72-,73-,74-,75-/m1/s1. The second-order valence-corrected chi connectivity index (χ2v) is 30.3. The number of hydrogen-bond donors (Lipinski definition) is 5. The lowest BCUT2D eigenvalue weighted by Gasteiger charge is -2.74. The summed E-state index contributed by atoms with van der Waals surface area (Å²) in [6.45, 7) is 16.5. The van der Waals surface area contributed by atoms with E-state index in [9.17, 15) is 20.1 Å². The molecule has 6 heterocycles. The summed E-state index contributed by atoms with van der Waals surface area (Å²) < 4.78 is 0. The van der Waals surface area contributed by atoms with Crippen molar-refractivity contribution in [2.75, 3.05) is 13.1 Å². The van der Waals surface area contributed by atoms with E-state index in [0.29, 0.717) is 48.9 Å². The number of hydrogen-bond acceptors (Lipinski definition) is 5. The van der Waals surface area contributed by atoms with E-state index in [1.807, 2.05) is 0 Å². The van der Waals surface area contributed by atoms with Gasteiger partial charge in [-0.1, -0.05) is 174 Å². The minimum absolute atomic E-state index is 0.131. The van der Waals surface area contributed by atoms with E-state index >= 15 is 0 Å². The Balaban J connectivity index is 0.999. The Hall–Kier alpha value is -4.39. The molecule has 16 aliphatic rings. The first kappa shape index (κ1) is 54.5. The molecule has 0 radical (unpaired) electrons. The van der Waals surface area contributed by atoms with Gasteiger partial charge in [0.15, 0.2) is 0 Å². The van der Waals surface area contributed by atoms with Crippen LogP contribution in [0.1, 0.15) is 193 Å². The number of carboxylic acid groups (broad SMARTS) is 1. The van der Waals surface area contributed by atoms with Gasteiger partial charge in [0.25, 0.3) is 0 Å². The maximum absolute atomic E-state index is 14.5. The Morgan fingerprint density at radius 2 is 1.62 bits per heavy atom. The maximum Gasteiger partial charge on any atom is 0.306 e. The Kier molecular flexibility index (Phi) is 13.9. The molecule has 10 aliphatic carbocycles. The van der Waals surface area contributed by atoms with Crippen molar-refractivity contribution in [3.63, 3.8) is 0 Å². The monoisotopic (exact) mass is 1090 g/mol. The number of carbonyl (C=O) groups is 1. The van der Waals surface area contributed by atoms with Crippen molar-refractivity contribution in [2.24, 2.45) is 86.3 Å². The Labute approximate surface area is 486 Å². The van der Waals surface area contributed by atoms with Gasteiger partial charge >= 0.3 is 5.97 Å². The van der Waals surface area contributed by atoms with E-state index in [1.165, 1.54) is 121 Å². The highest BCUT2D eigenvalue weighted by atomic mass is 16.4. The predicted octanol–water partition coefficient (Wildman–Crippen LogP) is 14.5. The number of aliphatic hydroxyl groups excluding tert-OH is 2. The molecule has 2 aromatic carbocycles. The van der Waals surface area contributed by atoms with Crippen LogP contribution in [0, 0.1) is 86.3 Å². The van der Waals surface area contributed by atoms with Crippen LogP contribution in [0.2, 0.25) is 0 Å². The molecule has 18 rings (SSSR count). The lowest BCUT2D eigenvalue weighted by Crippen LogP contribution is -2.69. The Morgan fingerprint density at radius 1 is 0.815 bits per heavy atom. The summed E-state index contributed by atoms with van der Waals surface area (Å²) in [5.41, 5.74) is 11.5. The van der Waals surface area contributed by atoms with Gasteiger partial charge in [0, 0.05) is 46.6 Å². The number of fused-ring (bicyclic) bond motifs is 2. The van der Waals surface area contributed by atoms with Gasteiger partial charge in [-0.25, -0.2) is 0 Å². The van der Waals surface area contributed by atoms with Crippen molar-refractivity contribution in [2.45, 2.75) is 200 Å². The molecule has 0 saturated heterocycles. The molecule has 6 heteroatoms. The maximum atomic E-state index is 14.5. The van der Waals surface area contributed by atoms with Crippen LogP contribution in [-0.2, 0) is 11.2 Å². The molecule has 14 bridgehead atoms. The van der Waals surface area contributed by atoms with Crippen molar-refractivity contribution in [3.8, 4) is 0 Å². The fraction of sp³-hybridized carbons (Fsp3) is 0.640. The minimum Gasteiger partial charge on any atom is -0.481 e. The average Bonchev–Trinajstić information content (AvgIpc) is 1.63. The molecule has 81 heavy (non-hydrogen) atoms. The number of nitrogens with one attached hydrogen (secondary N) is 2. The smallest absolute Gasteiger partial charge is 0.306 e. The van der Waals surface area contributed by atoms with Crippen molar-refractivity contribution < 1.29 is 20.1 Å². The SMILES string of the molecule is C=C1CC[C@@H](C(=O)O)[C@H]2[C@H](O)C[C@@]3([C@@H]4CC[C@H]5CCCC[C@@H]5C4)C4=C(CC[C@]23C)[C@]23CC[C@H](O)[C@@]5(C)CC=C(CC(C)C)[C@@](C=C6C(=c7ccccc7=C[C@@H]62)Cc2cccc(c2)C2=CC=C(NCCC[C@H]1C1CCCCC1)NC2)(C4)[C@@H]53. The van der Waals surface area contributed by atoms with Crippen LogP contribution in [0.3, 0.4) is 0 Å². The van der Waals surface area contributed by atoms with Gasteiger partial charge in [0.1, 0.15) is 0 Å². The molecule has 5 N–H and O–H groups in total. The van der Waals surface area contributed by atoms with Crippen LogP contribution in [0.4, 0.5) is 0 Å². The molecule has 2 spiro atoms. The summed E-state index contributed by atoms with van der Waals surface area (Å²) >= 11 is 0. The third-order valence-electron chi connectivity index (χ3n) is 26.2. The number of aliphatic hydroxyl groups is 2. The van der Waals surface area contributed by atoms with Crippen LogP contribution < -0.4 is 21.1 Å². The van der Waals surface area contributed by atoms with E-state index in [0.717, 1.165) is 89.0 Å². The summed E-state index contributed by atoms with van der Waals surface area (Å²) in [4.78, 5) is 14.5. The van der Waals surface area contributed by atoms with Crippen molar-refractivity contribution >= 4 is 23.2 Å². The summed E-state index contributed by atoms with van der Waals surface area (Å²) in [6.07, 6.45) is 38.4. The summed E-state index contributed by atoms with van der Waals surface area (Å²) in [6, 6.07) is 18.8. The van der Waals surface area contributed by atoms with E-state index < -0.39 is 29.5 Å². The van der Waals surface area contributed by atoms with Gasteiger partial charge in [-0.3, -0.25) is 4.79 Å². The van der Waals surface area contributed by atoms with Gasteiger partial charge in [-0.2, -0.15) is 0 Å². The second-order valence-electron chi connectivity index (χ2n) is 30.3.